The second-order valence-corrected chi connectivity index (χ2v) is 3.38. The Morgan fingerprint density at radius 1 is 1.53 bits per heavy atom. The van der Waals surface area contributed by atoms with Gasteiger partial charge >= 0.3 is 0 Å². The molecule has 3 nitrogen and oxygen atoms in total. The third kappa shape index (κ3) is 3.16. The van der Waals surface area contributed by atoms with E-state index < -0.39 is 5.91 Å². The third-order valence-electron chi connectivity index (χ3n) is 2.04. The topological polar surface area (TPSA) is 53.0 Å². The molecule has 0 aromatic heterocycles. The summed E-state index contributed by atoms with van der Waals surface area (Å²) in [7, 11) is 0. The minimum atomic E-state index is -0.438. The summed E-state index contributed by atoms with van der Waals surface area (Å²) >= 11 is 0. The van der Waals surface area contributed by atoms with Crippen molar-refractivity contribution in [2.24, 2.45) is 0 Å². The maximum absolute atomic E-state index is 12.9. The van der Waals surface area contributed by atoms with Crippen LogP contribution in [0.1, 0.15) is 25.5 Å². The lowest BCUT2D eigenvalue weighted by molar-refractivity contribution is -0.115. The van der Waals surface area contributed by atoms with Crippen molar-refractivity contribution in [1.82, 2.24) is 5.32 Å². The van der Waals surface area contributed by atoms with E-state index in [0.29, 0.717) is 5.56 Å². The summed E-state index contributed by atoms with van der Waals surface area (Å²) < 4.78 is 12.9. The van der Waals surface area contributed by atoms with Crippen LogP contribution in [-0.4, -0.2) is 11.6 Å². The van der Waals surface area contributed by atoms with Gasteiger partial charge in [0.25, 0.3) is 5.91 Å². The monoisotopic (exact) mass is 208 g/mol. The van der Waals surface area contributed by atoms with Gasteiger partial charge in [-0.15, -0.1) is 0 Å². The molecule has 2 N–H and O–H groups in total. The molecule has 4 heteroatoms. The molecule has 80 valence electrons. The molecule has 0 aliphatic carbocycles. The summed E-state index contributed by atoms with van der Waals surface area (Å²) in [5, 5.41) is 9.70. The fourth-order valence-electron chi connectivity index (χ4n) is 1.16. The number of hydrogen-bond acceptors (Lipinski definition) is 2. The lowest BCUT2D eigenvalue weighted by Crippen LogP contribution is -2.31. The van der Waals surface area contributed by atoms with E-state index in [1.165, 1.54) is 19.1 Å². The molecule has 0 spiro atoms. The highest BCUT2D eigenvalue weighted by atomic mass is 19.1. The van der Waals surface area contributed by atoms with Crippen LogP contribution < -0.4 is 5.32 Å². The fourth-order valence-corrected chi connectivity index (χ4v) is 1.16. The second kappa shape index (κ2) is 4.68. The molecule has 1 aromatic carbocycles. The zero-order valence-corrected chi connectivity index (χ0v) is 8.67. The average Bonchev–Trinajstić information content (AvgIpc) is 2.17. The third-order valence-corrected chi connectivity index (χ3v) is 2.04. The van der Waals surface area contributed by atoms with Crippen LogP contribution in [0.5, 0.6) is 0 Å². The van der Waals surface area contributed by atoms with E-state index >= 15 is 0 Å². The van der Waals surface area contributed by atoms with Crippen molar-refractivity contribution in [2.75, 3.05) is 0 Å². The Labute approximate surface area is 87.8 Å². The number of rotatable bonds is 3. The number of nitrogens with one attached hydrogen (secondary N) is 2. The number of halogens is 1. The Bertz CT molecular complexity index is 390. The predicted octanol–water partition coefficient (Wildman–Crippen LogP) is 2.04. The first-order valence-electron chi connectivity index (χ1n) is 4.62. The van der Waals surface area contributed by atoms with E-state index in [9.17, 15) is 9.18 Å². The molecule has 0 bridgehead atoms. The lowest BCUT2D eigenvalue weighted by Gasteiger charge is -2.13. The summed E-state index contributed by atoms with van der Waals surface area (Å²) in [6, 6.07) is 5.73. The highest BCUT2D eigenvalue weighted by Crippen LogP contribution is 2.13. The second-order valence-electron chi connectivity index (χ2n) is 3.38. The summed E-state index contributed by atoms with van der Waals surface area (Å²) in [6.45, 7) is 3.16. The van der Waals surface area contributed by atoms with Gasteiger partial charge in [0.1, 0.15) is 5.82 Å². The number of carbonyl (C=O) groups excluding carboxylic acids is 1. The summed E-state index contributed by atoms with van der Waals surface area (Å²) in [5.41, 5.74) is 0.628. The molecule has 1 aromatic rings. The van der Waals surface area contributed by atoms with E-state index in [-0.39, 0.29) is 17.6 Å². The molecular weight excluding hydrogens is 195 g/mol. The molecule has 0 saturated heterocycles. The van der Waals surface area contributed by atoms with Crippen molar-refractivity contribution in [3.63, 3.8) is 0 Å². The molecule has 0 aliphatic rings. The molecule has 0 saturated carbocycles. The van der Waals surface area contributed by atoms with Gasteiger partial charge in [0.15, 0.2) is 0 Å². The smallest absolute Gasteiger partial charge is 0.265 e. The lowest BCUT2D eigenvalue weighted by atomic mass is 10.1. The van der Waals surface area contributed by atoms with Gasteiger partial charge in [0.05, 0.1) is 11.8 Å². The van der Waals surface area contributed by atoms with Gasteiger partial charge in [-0.2, -0.15) is 0 Å². The first kappa shape index (κ1) is 11.4. The van der Waals surface area contributed by atoms with E-state index in [1.54, 1.807) is 19.1 Å². The molecule has 1 rings (SSSR count). The number of carbonyl (C=O) groups is 1. The van der Waals surface area contributed by atoms with Gasteiger partial charge in [-0.3, -0.25) is 10.2 Å². The summed E-state index contributed by atoms with van der Waals surface area (Å²) in [6.07, 6.45) is 0. The minimum absolute atomic E-state index is 0.0572. The van der Waals surface area contributed by atoms with E-state index in [4.69, 9.17) is 5.41 Å². The van der Waals surface area contributed by atoms with Crippen LogP contribution in [0.25, 0.3) is 0 Å². The predicted molar refractivity (Wildman–Crippen MR) is 56.4 cm³/mol. The normalized spacial score (nSPS) is 11.9. The van der Waals surface area contributed by atoms with Crippen molar-refractivity contribution in [3.8, 4) is 0 Å². The molecule has 0 radical (unpaired) electrons. The number of benzene rings is 1. The molecule has 1 atom stereocenters. The molecular formula is C11H13FN2O. The molecule has 15 heavy (non-hydrogen) atoms. The Morgan fingerprint density at radius 3 is 2.73 bits per heavy atom. The van der Waals surface area contributed by atoms with Crippen LogP contribution in [0.3, 0.4) is 0 Å². The van der Waals surface area contributed by atoms with Crippen LogP contribution >= 0.6 is 0 Å². The van der Waals surface area contributed by atoms with Gasteiger partial charge in [0, 0.05) is 0 Å². The van der Waals surface area contributed by atoms with E-state index in [1.807, 2.05) is 0 Å². The van der Waals surface area contributed by atoms with Crippen molar-refractivity contribution < 1.29 is 9.18 Å². The van der Waals surface area contributed by atoms with Gasteiger partial charge in [0.2, 0.25) is 0 Å². The largest absolute Gasteiger partial charge is 0.344 e. The SMILES string of the molecule is CC(=N)C(=O)NC(C)c1cccc(F)c1. The van der Waals surface area contributed by atoms with E-state index in [0.717, 1.165) is 0 Å². The van der Waals surface area contributed by atoms with Crippen LogP contribution in [0.2, 0.25) is 0 Å². The summed E-state index contributed by atoms with van der Waals surface area (Å²) in [4.78, 5) is 11.2. The van der Waals surface area contributed by atoms with Crippen molar-refractivity contribution in [2.45, 2.75) is 19.9 Å². The van der Waals surface area contributed by atoms with Crippen LogP contribution in [0.4, 0.5) is 4.39 Å². The van der Waals surface area contributed by atoms with E-state index in [2.05, 4.69) is 5.32 Å². The van der Waals surface area contributed by atoms with Gasteiger partial charge < -0.3 is 5.32 Å². The Morgan fingerprint density at radius 2 is 2.20 bits per heavy atom. The van der Waals surface area contributed by atoms with Gasteiger partial charge in [-0.05, 0) is 31.5 Å². The zero-order valence-electron chi connectivity index (χ0n) is 8.67. The average molecular weight is 208 g/mol. The minimum Gasteiger partial charge on any atom is -0.344 e. The van der Waals surface area contributed by atoms with Crippen LogP contribution in [-0.2, 0) is 4.79 Å². The molecule has 1 amide bonds. The summed E-state index contributed by atoms with van der Waals surface area (Å²) in [5.74, 6) is -0.771. The standard InChI is InChI=1S/C11H13FN2O/c1-7(13)11(15)14-8(2)9-4-3-5-10(12)6-9/h3-6,8,13H,1-2H3,(H,14,15). The quantitative estimate of drug-likeness (QED) is 0.734. The maximum atomic E-state index is 12.9. The van der Waals surface area contributed by atoms with Crippen molar-refractivity contribution >= 4 is 11.6 Å². The fraction of sp³-hybridized carbons (Fsp3) is 0.273. The zero-order chi connectivity index (χ0) is 11.4. The highest BCUT2D eigenvalue weighted by Gasteiger charge is 2.10. The van der Waals surface area contributed by atoms with Gasteiger partial charge in [-0.1, -0.05) is 12.1 Å². The van der Waals surface area contributed by atoms with Crippen LogP contribution in [0.15, 0.2) is 24.3 Å². The molecule has 0 aliphatic heterocycles. The number of hydrogen-bond donors (Lipinski definition) is 2. The molecule has 0 heterocycles. The van der Waals surface area contributed by atoms with Crippen molar-refractivity contribution in [3.05, 3.63) is 35.6 Å². The number of amides is 1. The van der Waals surface area contributed by atoms with Crippen LogP contribution in [0, 0.1) is 11.2 Å². The highest BCUT2D eigenvalue weighted by molar-refractivity contribution is 6.36. The molecule has 0 fully saturated rings. The Kier molecular flexibility index (Phi) is 3.55. The first-order valence-corrected chi connectivity index (χ1v) is 4.62. The molecule has 1 unspecified atom stereocenters. The van der Waals surface area contributed by atoms with Gasteiger partial charge in [-0.25, -0.2) is 4.39 Å². The Balaban J connectivity index is 2.73. The maximum Gasteiger partial charge on any atom is 0.265 e. The Hall–Kier alpha value is -1.71. The van der Waals surface area contributed by atoms with Crippen molar-refractivity contribution in [1.29, 1.82) is 5.41 Å². The first-order chi connectivity index (χ1) is 7.00.